The Balaban J connectivity index is 1.38. The number of fused-ring (bicyclic) bond motifs is 4. The molecule has 0 atom stereocenters. The summed E-state index contributed by atoms with van der Waals surface area (Å²) in [4.78, 5) is 5.06. The van der Waals surface area contributed by atoms with Gasteiger partial charge in [0.2, 0.25) is 0 Å². The molecule has 0 fully saturated rings. The summed E-state index contributed by atoms with van der Waals surface area (Å²) in [6, 6.07) is 50.9. The van der Waals surface area contributed by atoms with Gasteiger partial charge in [-0.1, -0.05) is 91.0 Å². The summed E-state index contributed by atoms with van der Waals surface area (Å²) in [5, 5.41) is 12.7. The molecule has 2 aromatic heterocycles. The average molecular weight is 554 g/mol. The van der Waals surface area contributed by atoms with Gasteiger partial charge in [-0.25, -0.2) is 4.98 Å². The fourth-order valence-corrected chi connectivity index (χ4v) is 6.79. The maximum Gasteiger partial charge on any atom is 0.124 e. The molecular weight excluding hydrogens is 531 g/mol. The van der Waals surface area contributed by atoms with Crippen LogP contribution in [0.2, 0.25) is 0 Å². The van der Waals surface area contributed by atoms with Crippen molar-refractivity contribution in [3.8, 4) is 44.6 Å². The fourth-order valence-electron chi connectivity index (χ4n) is 5.79. The number of aromatic nitrogens is 2. The third-order valence-corrected chi connectivity index (χ3v) is 8.92. The van der Waals surface area contributed by atoms with Gasteiger partial charge >= 0.3 is 0 Å². The van der Waals surface area contributed by atoms with Crippen LogP contribution in [-0.4, -0.2) is 9.55 Å². The lowest BCUT2D eigenvalue weighted by Crippen LogP contribution is -1.94. The molecule has 0 aliphatic carbocycles. The maximum absolute atomic E-state index is 9.25. The zero-order valence-corrected chi connectivity index (χ0v) is 23.3. The molecule has 0 unspecified atom stereocenters. The van der Waals surface area contributed by atoms with Crippen molar-refractivity contribution in [2.24, 2.45) is 0 Å². The molecule has 196 valence electrons. The Morgan fingerprint density at radius 2 is 1.19 bits per heavy atom. The van der Waals surface area contributed by atoms with E-state index in [9.17, 15) is 5.26 Å². The fraction of sp³-hybridized carbons (Fsp3) is 0. The van der Waals surface area contributed by atoms with Gasteiger partial charge in [-0.15, -0.1) is 11.3 Å². The number of benzene rings is 6. The van der Waals surface area contributed by atoms with Gasteiger partial charge in [-0.2, -0.15) is 5.26 Å². The highest BCUT2D eigenvalue weighted by Gasteiger charge is 2.17. The van der Waals surface area contributed by atoms with Gasteiger partial charge in [-0.3, -0.25) is 0 Å². The van der Waals surface area contributed by atoms with E-state index in [-0.39, 0.29) is 0 Å². The number of rotatable bonds is 4. The van der Waals surface area contributed by atoms with Crippen LogP contribution in [0, 0.1) is 11.3 Å². The Labute approximate surface area is 247 Å². The van der Waals surface area contributed by atoms with Gasteiger partial charge in [0.15, 0.2) is 0 Å². The van der Waals surface area contributed by atoms with Crippen LogP contribution < -0.4 is 0 Å². The third kappa shape index (κ3) is 4.07. The molecule has 0 aliphatic heterocycles. The molecule has 4 heteroatoms. The zero-order valence-electron chi connectivity index (χ0n) is 22.5. The Morgan fingerprint density at radius 1 is 0.548 bits per heavy atom. The van der Waals surface area contributed by atoms with E-state index in [1.54, 1.807) is 11.3 Å². The van der Waals surface area contributed by atoms with E-state index in [1.165, 1.54) is 26.6 Å². The van der Waals surface area contributed by atoms with Crippen LogP contribution in [0.3, 0.4) is 0 Å². The second-order valence-corrected chi connectivity index (χ2v) is 11.4. The molecule has 0 aliphatic rings. The van der Waals surface area contributed by atoms with Crippen molar-refractivity contribution in [2.45, 2.75) is 0 Å². The summed E-state index contributed by atoms with van der Waals surface area (Å²) in [7, 11) is 0. The largest absolute Gasteiger partial charge is 0.309 e. The van der Waals surface area contributed by atoms with Crippen molar-refractivity contribution in [3.05, 3.63) is 145 Å². The van der Waals surface area contributed by atoms with E-state index in [1.807, 2.05) is 30.3 Å². The minimum absolute atomic E-state index is 0.661. The molecule has 0 saturated heterocycles. The molecule has 0 N–H and O–H groups in total. The molecule has 8 rings (SSSR count). The van der Waals surface area contributed by atoms with Crippen LogP contribution in [0.15, 0.2) is 140 Å². The molecule has 2 heterocycles. The molecule has 3 nitrogen and oxygen atoms in total. The minimum Gasteiger partial charge on any atom is -0.309 e. The highest BCUT2D eigenvalue weighted by molar-refractivity contribution is 7.21. The summed E-state index contributed by atoms with van der Waals surface area (Å²) in [6.07, 6.45) is 0. The maximum atomic E-state index is 9.25. The predicted molar refractivity (Wildman–Crippen MR) is 175 cm³/mol. The number of thiazole rings is 1. The van der Waals surface area contributed by atoms with Crippen LogP contribution in [-0.2, 0) is 0 Å². The van der Waals surface area contributed by atoms with Crippen LogP contribution >= 0.6 is 11.3 Å². The SMILES string of the molecule is N#Cc1ccc(-c2cccc(-n3c4ccc(-c5ccccc5)cc4c4cc5sc(-c6ccccc6)nc5cc43)c2)cc1. The molecule has 0 bridgehead atoms. The molecule has 0 amide bonds. The first-order chi connectivity index (χ1) is 20.7. The van der Waals surface area contributed by atoms with Gasteiger partial charge < -0.3 is 4.57 Å². The molecular formula is C38H23N3S. The first kappa shape index (κ1) is 24.3. The van der Waals surface area contributed by atoms with Gasteiger partial charge in [0.05, 0.1) is 32.9 Å². The molecule has 0 spiro atoms. The number of hydrogen-bond donors (Lipinski definition) is 0. The number of hydrogen-bond acceptors (Lipinski definition) is 3. The average Bonchev–Trinajstić information content (AvgIpc) is 3.62. The normalized spacial score (nSPS) is 11.3. The lowest BCUT2D eigenvalue weighted by Gasteiger charge is -2.11. The number of nitrogens with zero attached hydrogens (tertiary/aromatic N) is 3. The van der Waals surface area contributed by atoms with E-state index >= 15 is 0 Å². The van der Waals surface area contributed by atoms with Gasteiger partial charge in [0, 0.05) is 22.0 Å². The molecule has 6 aromatic carbocycles. The Morgan fingerprint density at radius 3 is 1.95 bits per heavy atom. The van der Waals surface area contributed by atoms with Crippen LogP contribution in [0.25, 0.3) is 70.5 Å². The smallest absolute Gasteiger partial charge is 0.124 e. The standard InChI is InChI=1S/C38H23N3S/c39-24-25-14-16-27(17-15-25)29-12-7-13-31(20-29)41-35-19-18-30(26-8-3-1-4-9-26)21-32(35)33-22-37-34(23-36(33)41)40-38(42-37)28-10-5-2-6-11-28/h1-23H. The minimum atomic E-state index is 0.661. The second-order valence-electron chi connectivity index (χ2n) is 10.4. The Kier molecular flexibility index (Phi) is 5.70. The van der Waals surface area contributed by atoms with E-state index in [4.69, 9.17) is 4.98 Å². The van der Waals surface area contributed by atoms with Crippen molar-refractivity contribution >= 4 is 43.4 Å². The second kappa shape index (κ2) is 9.85. The highest BCUT2D eigenvalue weighted by Crippen LogP contribution is 2.40. The quantitative estimate of drug-likeness (QED) is 0.218. The Hall–Kier alpha value is -5.50. The topological polar surface area (TPSA) is 41.6 Å². The molecule has 0 saturated carbocycles. The van der Waals surface area contributed by atoms with E-state index in [0.717, 1.165) is 43.9 Å². The van der Waals surface area contributed by atoms with Crippen molar-refractivity contribution in [1.82, 2.24) is 9.55 Å². The summed E-state index contributed by atoms with van der Waals surface area (Å²) >= 11 is 1.74. The molecule has 0 radical (unpaired) electrons. The van der Waals surface area contributed by atoms with Crippen molar-refractivity contribution in [2.75, 3.05) is 0 Å². The van der Waals surface area contributed by atoms with Gasteiger partial charge in [0.1, 0.15) is 5.01 Å². The van der Waals surface area contributed by atoms with Gasteiger partial charge in [0.25, 0.3) is 0 Å². The highest BCUT2D eigenvalue weighted by atomic mass is 32.1. The van der Waals surface area contributed by atoms with Crippen LogP contribution in [0.5, 0.6) is 0 Å². The van der Waals surface area contributed by atoms with Crippen molar-refractivity contribution in [1.29, 1.82) is 5.26 Å². The zero-order chi connectivity index (χ0) is 28.0. The monoisotopic (exact) mass is 553 g/mol. The number of nitriles is 1. The van der Waals surface area contributed by atoms with E-state index in [2.05, 4.69) is 120 Å². The molecule has 8 aromatic rings. The first-order valence-electron chi connectivity index (χ1n) is 13.9. The third-order valence-electron chi connectivity index (χ3n) is 7.85. The van der Waals surface area contributed by atoms with E-state index in [0.29, 0.717) is 5.56 Å². The lowest BCUT2D eigenvalue weighted by atomic mass is 10.0. The van der Waals surface area contributed by atoms with Crippen molar-refractivity contribution < 1.29 is 0 Å². The predicted octanol–water partition coefficient (Wildman–Crippen LogP) is 10.3. The van der Waals surface area contributed by atoms with Crippen LogP contribution in [0.4, 0.5) is 0 Å². The van der Waals surface area contributed by atoms with E-state index < -0.39 is 0 Å². The Bertz CT molecular complexity index is 2290. The molecule has 42 heavy (non-hydrogen) atoms. The van der Waals surface area contributed by atoms with Crippen LogP contribution in [0.1, 0.15) is 5.56 Å². The van der Waals surface area contributed by atoms with Gasteiger partial charge in [-0.05, 0) is 70.8 Å². The summed E-state index contributed by atoms with van der Waals surface area (Å²) in [5.74, 6) is 0. The summed E-state index contributed by atoms with van der Waals surface area (Å²) in [6.45, 7) is 0. The first-order valence-corrected chi connectivity index (χ1v) is 14.7. The lowest BCUT2D eigenvalue weighted by molar-refractivity contribution is 1.18. The summed E-state index contributed by atoms with van der Waals surface area (Å²) < 4.78 is 3.53. The summed E-state index contributed by atoms with van der Waals surface area (Å²) in [5.41, 5.74) is 10.8. The van der Waals surface area contributed by atoms with Crippen molar-refractivity contribution in [3.63, 3.8) is 0 Å².